The van der Waals surface area contributed by atoms with Crippen LogP contribution in [0.2, 0.25) is 0 Å². The summed E-state index contributed by atoms with van der Waals surface area (Å²) in [5, 5.41) is 5.26. The molecule has 0 fully saturated rings. The molecule has 3 nitrogen and oxygen atoms in total. The van der Waals surface area contributed by atoms with Gasteiger partial charge >= 0.3 is 0 Å². The Labute approximate surface area is 78.3 Å². The number of aromatic nitrogens is 2. The normalized spacial score (nSPS) is 10.8. The summed E-state index contributed by atoms with van der Waals surface area (Å²) in [5.74, 6) is 0. The Balaban J connectivity index is 2.90. The summed E-state index contributed by atoms with van der Waals surface area (Å²) >= 11 is 3.36. The summed E-state index contributed by atoms with van der Waals surface area (Å²) in [7, 11) is 1.91. The van der Waals surface area contributed by atoms with Gasteiger partial charge in [-0.15, -0.1) is 0 Å². The van der Waals surface area contributed by atoms with Gasteiger partial charge in [0.2, 0.25) is 0 Å². The third kappa shape index (κ3) is 0.992. The van der Waals surface area contributed by atoms with Crippen LogP contribution in [0, 0.1) is 0 Å². The van der Waals surface area contributed by atoms with E-state index in [1.165, 1.54) is 0 Å². The Morgan fingerprint density at radius 2 is 2.25 bits per heavy atom. The topological polar surface area (TPSA) is 43.8 Å². The van der Waals surface area contributed by atoms with Gasteiger partial charge in [-0.05, 0) is 34.1 Å². The number of nitrogens with two attached hydrogens (primary N) is 1. The second-order valence-electron chi connectivity index (χ2n) is 2.69. The van der Waals surface area contributed by atoms with Crippen molar-refractivity contribution in [1.82, 2.24) is 9.78 Å². The first-order valence-electron chi connectivity index (χ1n) is 3.56. The van der Waals surface area contributed by atoms with E-state index >= 15 is 0 Å². The first-order chi connectivity index (χ1) is 5.68. The molecule has 0 radical (unpaired) electrons. The van der Waals surface area contributed by atoms with E-state index in [4.69, 9.17) is 5.73 Å². The van der Waals surface area contributed by atoms with E-state index < -0.39 is 0 Å². The molecule has 0 aliphatic rings. The number of anilines is 1. The van der Waals surface area contributed by atoms with Gasteiger partial charge in [0.05, 0.1) is 5.52 Å². The van der Waals surface area contributed by atoms with Crippen molar-refractivity contribution in [3.63, 3.8) is 0 Å². The van der Waals surface area contributed by atoms with Gasteiger partial charge in [-0.25, -0.2) is 0 Å². The third-order valence-electron chi connectivity index (χ3n) is 1.83. The molecule has 2 rings (SSSR count). The molecule has 62 valence electrons. The van der Waals surface area contributed by atoms with E-state index in [9.17, 15) is 0 Å². The predicted molar refractivity (Wildman–Crippen MR) is 52.8 cm³/mol. The lowest BCUT2D eigenvalue weighted by atomic mass is 10.2. The van der Waals surface area contributed by atoms with Crippen molar-refractivity contribution in [2.75, 3.05) is 5.73 Å². The van der Waals surface area contributed by atoms with Crippen LogP contribution >= 0.6 is 15.9 Å². The van der Waals surface area contributed by atoms with E-state index in [0.717, 1.165) is 21.2 Å². The van der Waals surface area contributed by atoms with E-state index in [1.54, 1.807) is 0 Å². The molecule has 0 aliphatic heterocycles. The summed E-state index contributed by atoms with van der Waals surface area (Å²) in [5.41, 5.74) is 7.48. The fraction of sp³-hybridized carbons (Fsp3) is 0.125. The highest BCUT2D eigenvalue weighted by atomic mass is 79.9. The first kappa shape index (κ1) is 7.61. The van der Waals surface area contributed by atoms with Crippen LogP contribution in [-0.2, 0) is 7.05 Å². The molecule has 0 bridgehead atoms. The Morgan fingerprint density at radius 3 is 3.00 bits per heavy atom. The molecule has 2 aromatic rings. The monoisotopic (exact) mass is 225 g/mol. The summed E-state index contributed by atoms with van der Waals surface area (Å²) in [6.45, 7) is 0. The molecule has 4 heteroatoms. The largest absolute Gasteiger partial charge is 0.399 e. The minimum Gasteiger partial charge on any atom is -0.399 e. The van der Waals surface area contributed by atoms with Crippen LogP contribution < -0.4 is 5.73 Å². The Kier molecular flexibility index (Phi) is 1.58. The van der Waals surface area contributed by atoms with Crippen LogP contribution in [-0.4, -0.2) is 9.78 Å². The van der Waals surface area contributed by atoms with Gasteiger partial charge in [0.1, 0.15) is 4.60 Å². The van der Waals surface area contributed by atoms with Gasteiger partial charge in [0.25, 0.3) is 0 Å². The number of hydrogen-bond acceptors (Lipinski definition) is 2. The highest BCUT2D eigenvalue weighted by Gasteiger charge is 2.04. The number of benzene rings is 1. The van der Waals surface area contributed by atoms with E-state index in [0.29, 0.717) is 0 Å². The number of halogens is 1. The average molecular weight is 226 g/mol. The molecule has 2 N–H and O–H groups in total. The van der Waals surface area contributed by atoms with Gasteiger partial charge in [0.15, 0.2) is 0 Å². The van der Waals surface area contributed by atoms with E-state index in [-0.39, 0.29) is 0 Å². The number of rotatable bonds is 0. The highest BCUT2D eigenvalue weighted by Crippen LogP contribution is 2.24. The quantitative estimate of drug-likeness (QED) is 0.697. The third-order valence-corrected chi connectivity index (χ3v) is 2.42. The van der Waals surface area contributed by atoms with Crippen molar-refractivity contribution in [2.45, 2.75) is 0 Å². The Hall–Kier alpha value is -1.03. The molecule has 0 aliphatic carbocycles. The lowest BCUT2D eigenvalue weighted by Crippen LogP contribution is -1.89. The SMILES string of the molecule is Cn1nc(Br)c2cc(N)ccc21. The number of nitrogen functional groups attached to an aromatic ring is 1. The Morgan fingerprint density at radius 1 is 1.50 bits per heavy atom. The van der Waals surface area contributed by atoms with Gasteiger partial charge < -0.3 is 5.73 Å². The predicted octanol–water partition coefficient (Wildman–Crippen LogP) is 1.92. The number of aryl methyl sites for hydroxylation is 1. The van der Waals surface area contributed by atoms with Gasteiger partial charge in [0, 0.05) is 18.1 Å². The Bertz CT molecular complexity index is 433. The fourth-order valence-electron chi connectivity index (χ4n) is 1.24. The average Bonchev–Trinajstić information content (AvgIpc) is 2.28. The van der Waals surface area contributed by atoms with Gasteiger partial charge in [-0.1, -0.05) is 0 Å². The molecule has 1 aromatic carbocycles. The van der Waals surface area contributed by atoms with Crippen LogP contribution in [0.5, 0.6) is 0 Å². The first-order valence-corrected chi connectivity index (χ1v) is 4.35. The molecule has 12 heavy (non-hydrogen) atoms. The molecule has 0 unspecified atom stereocenters. The lowest BCUT2D eigenvalue weighted by Gasteiger charge is -1.94. The van der Waals surface area contributed by atoms with E-state index in [1.807, 2.05) is 29.9 Å². The minimum atomic E-state index is 0.760. The van der Waals surface area contributed by atoms with Crippen LogP contribution in [0.1, 0.15) is 0 Å². The zero-order chi connectivity index (χ0) is 8.72. The van der Waals surface area contributed by atoms with Gasteiger partial charge in [-0.2, -0.15) is 5.10 Å². The van der Waals surface area contributed by atoms with Crippen LogP contribution in [0.25, 0.3) is 10.9 Å². The van der Waals surface area contributed by atoms with Crippen LogP contribution in [0.3, 0.4) is 0 Å². The molecule has 0 amide bonds. The summed E-state index contributed by atoms with van der Waals surface area (Å²) in [4.78, 5) is 0. The molecule has 1 heterocycles. The maximum Gasteiger partial charge on any atom is 0.136 e. The maximum absolute atomic E-state index is 5.64. The number of hydrogen-bond donors (Lipinski definition) is 1. The molecule has 1 aromatic heterocycles. The van der Waals surface area contributed by atoms with Crippen molar-refractivity contribution in [3.05, 3.63) is 22.8 Å². The lowest BCUT2D eigenvalue weighted by molar-refractivity contribution is 0.788. The zero-order valence-corrected chi connectivity index (χ0v) is 8.17. The maximum atomic E-state index is 5.64. The summed E-state index contributed by atoms with van der Waals surface area (Å²) in [6.07, 6.45) is 0. The molecule has 0 saturated carbocycles. The van der Waals surface area contributed by atoms with Crippen molar-refractivity contribution < 1.29 is 0 Å². The minimum absolute atomic E-state index is 0.760. The highest BCUT2D eigenvalue weighted by molar-refractivity contribution is 9.10. The molecule has 0 spiro atoms. The van der Waals surface area contributed by atoms with Crippen LogP contribution in [0.15, 0.2) is 22.8 Å². The smallest absolute Gasteiger partial charge is 0.136 e. The second kappa shape index (κ2) is 2.48. The number of fused-ring (bicyclic) bond motifs is 1. The molecular weight excluding hydrogens is 218 g/mol. The second-order valence-corrected chi connectivity index (χ2v) is 3.44. The van der Waals surface area contributed by atoms with Gasteiger partial charge in [-0.3, -0.25) is 4.68 Å². The fourth-order valence-corrected chi connectivity index (χ4v) is 1.80. The van der Waals surface area contributed by atoms with Crippen molar-refractivity contribution >= 4 is 32.5 Å². The molecule has 0 saturated heterocycles. The standard InChI is InChI=1S/C8H8BrN3/c1-12-7-3-2-5(10)4-6(7)8(9)11-12/h2-4H,10H2,1H3. The zero-order valence-electron chi connectivity index (χ0n) is 6.58. The van der Waals surface area contributed by atoms with E-state index in [2.05, 4.69) is 21.0 Å². The summed E-state index contributed by atoms with van der Waals surface area (Å²) < 4.78 is 2.66. The van der Waals surface area contributed by atoms with Crippen molar-refractivity contribution in [2.24, 2.45) is 7.05 Å². The van der Waals surface area contributed by atoms with Crippen molar-refractivity contribution in [1.29, 1.82) is 0 Å². The number of nitrogens with zero attached hydrogens (tertiary/aromatic N) is 2. The van der Waals surface area contributed by atoms with Crippen LogP contribution in [0.4, 0.5) is 5.69 Å². The van der Waals surface area contributed by atoms with Crippen molar-refractivity contribution in [3.8, 4) is 0 Å². The molecular formula is C8H8BrN3. The molecule has 0 atom stereocenters. The summed E-state index contributed by atoms with van der Waals surface area (Å²) in [6, 6.07) is 5.74.